The molecule has 0 fully saturated rings. The summed E-state index contributed by atoms with van der Waals surface area (Å²) in [5.74, 6) is 0. The second-order valence-corrected chi connectivity index (χ2v) is 8.90. The fourth-order valence-corrected chi connectivity index (χ4v) is 4.10. The van der Waals surface area contributed by atoms with E-state index < -0.39 is 10.1 Å². The van der Waals surface area contributed by atoms with Crippen molar-refractivity contribution in [1.82, 2.24) is 0 Å². The Labute approximate surface area is 201 Å². The molecule has 0 radical (unpaired) electrons. The number of aliphatic imine (C=N–C) groups is 2. The van der Waals surface area contributed by atoms with Crippen LogP contribution in [0.3, 0.4) is 0 Å². The Bertz CT molecular complexity index is 1350. The van der Waals surface area contributed by atoms with E-state index in [1.54, 1.807) is 42.6 Å². The van der Waals surface area contributed by atoms with Gasteiger partial charge in [0.1, 0.15) is 4.90 Å². The first-order chi connectivity index (χ1) is 16.3. The van der Waals surface area contributed by atoms with Crippen LogP contribution in [-0.4, -0.2) is 31.2 Å². The third kappa shape index (κ3) is 6.81. The lowest BCUT2D eigenvalue weighted by molar-refractivity contribution is -0.432. The van der Waals surface area contributed by atoms with Crippen molar-refractivity contribution in [2.45, 2.75) is 9.79 Å². The highest BCUT2D eigenvalue weighted by molar-refractivity contribution is 7.94. The van der Waals surface area contributed by atoms with Crippen molar-refractivity contribution in [3.63, 3.8) is 0 Å². The van der Waals surface area contributed by atoms with Gasteiger partial charge in [0.2, 0.25) is 0 Å². The number of nitrogens with zero attached hydrogens (tertiary/aromatic N) is 2. The van der Waals surface area contributed by atoms with Crippen LogP contribution in [0.1, 0.15) is 22.3 Å². The van der Waals surface area contributed by atoms with Gasteiger partial charge in [-0.15, -0.1) is 4.33 Å². The fraction of sp³-hybridized carbons (Fsp3) is 0. The van der Waals surface area contributed by atoms with E-state index in [-0.39, 0.29) is 10.5 Å². The molecule has 3 aromatic carbocycles. The van der Waals surface area contributed by atoms with Gasteiger partial charge in [-0.3, -0.25) is 14.5 Å². The molecule has 3 rings (SSSR count). The standard InChI is InChI=1S/C24H20N2O6S2/c1-3-17-4-6-18(7-5-17)16-26-22-13-11-20(24(15-22)34(28,29)30)9-8-19-10-12-21(25-2)14-23(19)33-32-31-27/h3-16,27H,1-2H2,(H,28,29,30)/b9-8+,26-16?. The van der Waals surface area contributed by atoms with Crippen LogP contribution >= 0.6 is 12.0 Å². The van der Waals surface area contributed by atoms with Crippen molar-refractivity contribution in [3.05, 3.63) is 89.5 Å². The Kier molecular flexibility index (Phi) is 8.66. The maximum atomic E-state index is 12.0. The SMILES string of the molecule is C=Cc1ccc(C=Nc2ccc(/C=C/c3ccc(N=C)cc3SOOO)c(S(=O)(=O)O)c2)cc1. The van der Waals surface area contributed by atoms with Gasteiger partial charge in [-0.25, -0.2) is 5.26 Å². The second-order valence-electron chi connectivity index (χ2n) is 6.77. The summed E-state index contributed by atoms with van der Waals surface area (Å²) < 4.78 is 38.3. The smallest absolute Gasteiger partial charge is 0.282 e. The van der Waals surface area contributed by atoms with Gasteiger partial charge in [0.15, 0.2) is 0 Å². The normalized spacial score (nSPS) is 11.8. The van der Waals surface area contributed by atoms with Crippen LogP contribution in [0.15, 0.2) is 87.0 Å². The van der Waals surface area contributed by atoms with Crippen molar-refractivity contribution in [3.8, 4) is 0 Å². The molecule has 0 atom stereocenters. The molecule has 8 nitrogen and oxygen atoms in total. The Morgan fingerprint density at radius 1 is 0.912 bits per heavy atom. The molecule has 0 unspecified atom stereocenters. The average Bonchev–Trinajstić information content (AvgIpc) is 2.85. The summed E-state index contributed by atoms with van der Waals surface area (Å²) >= 11 is 0.727. The number of hydrogen-bond acceptors (Lipinski definition) is 8. The molecule has 0 saturated heterocycles. The molecule has 3 aromatic rings. The zero-order valence-electron chi connectivity index (χ0n) is 17.7. The van der Waals surface area contributed by atoms with Crippen LogP contribution in [0.4, 0.5) is 11.4 Å². The maximum Gasteiger partial charge on any atom is 0.295 e. The molecule has 0 aliphatic heterocycles. The van der Waals surface area contributed by atoms with Gasteiger partial charge < -0.3 is 0 Å². The van der Waals surface area contributed by atoms with Crippen LogP contribution in [0.2, 0.25) is 0 Å². The van der Waals surface area contributed by atoms with E-state index in [1.165, 1.54) is 18.2 Å². The van der Waals surface area contributed by atoms with Gasteiger partial charge in [0.05, 0.1) is 23.4 Å². The molecule has 34 heavy (non-hydrogen) atoms. The first-order valence-electron chi connectivity index (χ1n) is 9.66. The lowest BCUT2D eigenvalue weighted by Gasteiger charge is -2.07. The maximum absolute atomic E-state index is 12.0. The minimum absolute atomic E-state index is 0.248. The van der Waals surface area contributed by atoms with Gasteiger partial charge in [0.25, 0.3) is 10.1 Å². The monoisotopic (exact) mass is 496 g/mol. The summed E-state index contributed by atoms with van der Waals surface area (Å²) in [4.78, 5) is 8.36. The van der Waals surface area contributed by atoms with Crippen LogP contribution < -0.4 is 0 Å². The molecule has 0 spiro atoms. The van der Waals surface area contributed by atoms with Gasteiger partial charge in [-0.2, -0.15) is 8.42 Å². The molecule has 0 amide bonds. The fourth-order valence-electron chi connectivity index (χ4n) is 2.89. The Hall–Kier alpha value is -3.38. The highest BCUT2D eigenvalue weighted by Crippen LogP contribution is 2.31. The van der Waals surface area contributed by atoms with Gasteiger partial charge in [-0.05, 0) is 53.2 Å². The van der Waals surface area contributed by atoms with Gasteiger partial charge in [0, 0.05) is 11.1 Å². The van der Waals surface area contributed by atoms with Crippen molar-refractivity contribution in [2.75, 3.05) is 0 Å². The summed E-state index contributed by atoms with van der Waals surface area (Å²) in [7, 11) is -4.53. The minimum atomic E-state index is -4.53. The summed E-state index contributed by atoms with van der Waals surface area (Å²) in [6, 6.07) is 17.0. The summed E-state index contributed by atoms with van der Waals surface area (Å²) in [6.07, 6.45) is 6.45. The van der Waals surface area contributed by atoms with E-state index in [4.69, 9.17) is 5.26 Å². The largest absolute Gasteiger partial charge is 0.295 e. The molecule has 174 valence electrons. The van der Waals surface area contributed by atoms with E-state index in [1.807, 2.05) is 24.3 Å². The van der Waals surface area contributed by atoms with E-state index in [0.717, 1.165) is 23.2 Å². The lowest BCUT2D eigenvalue weighted by Crippen LogP contribution is -2.00. The summed E-state index contributed by atoms with van der Waals surface area (Å²) in [5.41, 5.74) is 3.55. The van der Waals surface area contributed by atoms with E-state index in [0.29, 0.717) is 21.8 Å². The molecular weight excluding hydrogens is 476 g/mol. The third-order valence-electron chi connectivity index (χ3n) is 4.59. The summed E-state index contributed by atoms with van der Waals surface area (Å²) in [6.45, 7) is 7.16. The highest BCUT2D eigenvalue weighted by Gasteiger charge is 2.15. The minimum Gasteiger partial charge on any atom is -0.282 e. The Morgan fingerprint density at radius 2 is 1.56 bits per heavy atom. The van der Waals surface area contributed by atoms with E-state index in [2.05, 4.69) is 32.7 Å². The van der Waals surface area contributed by atoms with E-state index in [9.17, 15) is 13.0 Å². The Morgan fingerprint density at radius 3 is 2.21 bits per heavy atom. The molecule has 0 heterocycles. The molecule has 0 aliphatic carbocycles. The van der Waals surface area contributed by atoms with Crippen LogP contribution in [-0.2, 0) is 19.5 Å². The third-order valence-corrected chi connectivity index (χ3v) is 6.16. The predicted octanol–water partition coefficient (Wildman–Crippen LogP) is 6.26. The molecule has 0 saturated carbocycles. The molecule has 10 heteroatoms. The molecule has 0 aromatic heterocycles. The van der Waals surface area contributed by atoms with Crippen LogP contribution in [0.25, 0.3) is 18.2 Å². The van der Waals surface area contributed by atoms with Crippen molar-refractivity contribution in [1.29, 1.82) is 0 Å². The lowest BCUT2D eigenvalue weighted by atomic mass is 10.1. The average molecular weight is 497 g/mol. The van der Waals surface area contributed by atoms with Gasteiger partial charge in [-0.1, -0.05) is 66.2 Å². The highest BCUT2D eigenvalue weighted by atomic mass is 32.2. The zero-order valence-corrected chi connectivity index (χ0v) is 19.4. The number of hydrogen-bond donors (Lipinski definition) is 2. The summed E-state index contributed by atoms with van der Waals surface area (Å²) in [5, 5.41) is 12.1. The topological polar surface area (TPSA) is 118 Å². The first-order valence-corrected chi connectivity index (χ1v) is 11.8. The van der Waals surface area contributed by atoms with Gasteiger partial charge >= 0.3 is 0 Å². The van der Waals surface area contributed by atoms with Crippen molar-refractivity contribution in [2.24, 2.45) is 9.98 Å². The van der Waals surface area contributed by atoms with Crippen molar-refractivity contribution < 1.29 is 27.6 Å². The van der Waals surface area contributed by atoms with Crippen LogP contribution in [0, 0.1) is 0 Å². The van der Waals surface area contributed by atoms with Crippen LogP contribution in [0.5, 0.6) is 0 Å². The molecular formula is C24H20N2O6S2. The predicted molar refractivity (Wildman–Crippen MR) is 135 cm³/mol. The molecule has 0 bridgehead atoms. The first kappa shape index (κ1) is 25.2. The molecule has 2 N–H and O–H groups in total. The van der Waals surface area contributed by atoms with E-state index >= 15 is 0 Å². The van der Waals surface area contributed by atoms with Crippen molar-refractivity contribution >= 4 is 64.7 Å². The zero-order chi connectivity index (χ0) is 24.6. The molecule has 0 aliphatic rings. The Balaban J connectivity index is 1.93. The second kappa shape index (κ2) is 11.7. The number of rotatable bonds is 10. The quantitative estimate of drug-likeness (QED) is 0.0849. The number of benzene rings is 3.